The van der Waals surface area contributed by atoms with Crippen molar-refractivity contribution in [3.63, 3.8) is 0 Å². The van der Waals surface area contributed by atoms with E-state index in [2.05, 4.69) is 45.4 Å². The third-order valence-corrected chi connectivity index (χ3v) is 7.14. The van der Waals surface area contributed by atoms with Gasteiger partial charge < -0.3 is 5.11 Å². The Hall–Kier alpha value is 0.170. The topological polar surface area (TPSA) is 37.3 Å². The van der Waals surface area contributed by atoms with Crippen LogP contribution in [0.2, 0.25) is 0 Å². The largest absolute Gasteiger partial charge is 0.478 e. The van der Waals surface area contributed by atoms with E-state index < -0.39 is 5.97 Å². The number of aliphatic carboxylic acids is 1. The maximum Gasteiger partial charge on any atom is 0.330 e. The van der Waals surface area contributed by atoms with Gasteiger partial charge in [0.2, 0.25) is 0 Å². The molecule has 23 heavy (non-hydrogen) atoms. The molecule has 0 saturated carbocycles. The van der Waals surface area contributed by atoms with Crippen molar-refractivity contribution in [2.24, 2.45) is 0 Å². The van der Waals surface area contributed by atoms with Gasteiger partial charge >= 0.3 is 5.97 Å². The lowest BCUT2D eigenvalue weighted by atomic mass is 10.0. The minimum Gasteiger partial charge on any atom is -0.478 e. The number of carbonyl (C=O) groups is 1. The third-order valence-electron chi connectivity index (χ3n) is 4.24. The van der Waals surface area contributed by atoms with E-state index in [4.69, 9.17) is 5.11 Å². The minimum atomic E-state index is -0.859. The summed E-state index contributed by atoms with van der Waals surface area (Å²) in [6, 6.07) is 0. The molecule has 0 aliphatic rings. The summed E-state index contributed by atoms with van der Waals surface area (Å²) in [5.41, 5.74) is 0.336. The van der Waals surface area contributed by atoms with Crippen LogP contribution in [0, 0.1) is 0 Å². The molecule has 1 N–H and O–H groups in total. The molecule has 0 spiro atoms. The SMILES string of the molecule is C=C(CCCCCC[C@@H](Br)[C@H](Br)CCCCCCCC)C(=O)O. The molecule has 0 radical (unpaired) electrons. The number of alkyl halides is 2. The summed E-state index contributed by atoms with van der Waals surface area (Å²) in [6.07, 6.45) is 15.6. The second-order valence-corrected chi connectivity index (χ2v) is 8.80. The van der Waals surface area contributed by atoms with Gasteiger partial charge in [0.25, 0.3) is 0 Å². The van der Waals surface area contributed by atoms with Crippen molar-refractivity contribution in [3.8, 4) is 0 Å². The first kappa shape index (κ1) is 23.2. The average molecular weight is 454 g/mol. The van der Waals surface area contributed by atoms with Gasteiger partial charge in [0, 0.05) is 15.2 Å². The zero-order valence-electron chi connectivity index (χ0n) is 14.7. The summed E-state index contributed by atoms with van der Waals surface area (Å²) in [5, 5.41) is 8.74. The van der Waals surface area contributed by atoms with Gasteiger partial charge in [0.1, 0.15) is 0 Å². The van der Waals surface area contributed by atoms with Crippen molar-refractivity contribution >= 4 is 37.8 Å². The van der Waals surface area contributed by atoms with E-state index in [1.807, 2.05) is 0 Å². The Labute approximate surface area is 159 Å². The second kappa shape index (κ2) is 15.7. The molecule has 4 heteroatoms. The molecule has 0 aromatic rings. The number of hydrogen-bond donors (Lipinski definition) is 1. The van der Waals surface area contributed by atoms with Gasteiger partial charge in [-0.2, -0.15) is 0 Å². The predicted octanol–water partition coefficient (Wildman–Crippen LogP) is 7.25. The van der Waals surface area contributed by atoms with Crippen molar-refractivity contribution in [3.05, 3.63) is 12.2 Å². The molecule has 0 amide bonds. The molecule has 0 bridgehead atoms. The number of carboxylic acids is 1. The molecule has 136 valence electrons. The zero-order chi connectivity index (χ0) is 17.5. The Balaban J connectivity index is 3.48. The molecule has 0 unspecified atom stereocenters. The van der Waals surface area contributed by atoms with Crippen LogP contribution >= 0.6 is 31.9 Å². The van der Waals surface area contributed by atoms with E-state index in [-0.39, 0.29) is 0 Å². The Morgan fingerprint density at radius 3 is 1.78 bits per heavy atom. The van der Waals surface area contributed by atoms with Gasteiger partial charge in [-0.15, -0.1) is 0 Å². The van der Waals surface area contributed by atoms with E-state index >= 15 is 0 Å². The van der Waals surface area contributed by atoms with E-state index in [1.54, 1.807) is 0 Å². The summed E-state index contributed by atoms with van der Waals surface area (Å²) >= 11 is 7.63. The maximum atomic E-state index is 10.6. The fourth-order valence-corrected chi connectivity index (χ4v) is 3.80. The normalized spacial score (nSPS) is 13.7. The van der Waals surface area contributed by atoms with Crippen molar-refractivity contribution in [1.82, 2.24) is 0 Å². The average Bonchev–Trinajstić information content (AvgIpc) is 2.53. The van der Waals surface area contributed by atoms with Gasteiger partial charge in [-0.1, -0.05) is 103 Å². The first-order chi connectivity index (χ1) is 11.0. The first-order valence-electron chi connectivity index (χ1n) is 9.18. The molecule has 0 aliphatic heterocycles. The summed E-state index contributed by atoms with van der Waals surface area (Å²) in [5.74, 6) is -0.859. The lowest BCUT2D eigenvalue weighted by Gasteiger charge is -2.16. The predicted molar refractivity (Wildman–Crippen MR) is 108 cm³/mol. The molecule has 0 aliphatic carbocycles. The van der Waals surface area contributed by atoms with Gasteiger partial charge in [-0.25, -0.2) is 4.79 Å². The molecule has 2 atom stereocenters. The Kier molecular flexibility index (Phi) is 15.8. The third kappa shape index (κ3) is 14.2. The number of halogens is 2. The molecule has 0 aromatic carbocycles. The number of unbranched alkanes of at least 4 members (excludes halogenated alkanes) is 8. The van der Waals surface area contributed by atoms with Crippen molar-refractivity contribution in [1.29, 1.82) is 0 Å². The van der Waals surface area contributed by atoms with Crippen LogP contribution in [0.5, 0.6) is 0 Å². The Bertz CT molecular complexity index is 318. The highest BCUT2D eigenvalue weighted by molar-refractivity contribution is 9.12. The fraction of sp³-hybridized carbons (Fsp3) is 0.842. The van der Waals surface area contributed by atoms with Crippen LogP contribution in [-0.4, -0.2) is 20.7 Å². The summed E-state index contributed by atoms with van der Waals surface area (Å²) in [7, 11) is 0. The second-order valence-electron chi connectivity index (χ2n) is 6.45. The van der Waals surface area contributed by atoms with Crippen molar-refractivity contribution in [2.45, 2.75) is 100 Å². The minimum absolute atomic E-state index is 0.336. The Morgan fingerprint density at radius 1 is 0.870 bits per heavy atom. The van der Waals surface area contributed by atoms with Crippen LogP contribution in [0.3, 0.4) is 0 Å². The van der Waals surface area contributed by atoms with E-state index in [0.717, 1.165) is 12.8 Å². The standard InChI is InChI=1S/C19H34Br2O2/c1-3-4-5-6-7-11-14-17(20)18(21)15-12-9-8-10-13-16(2)19(22)23/h17-18H,2-15H2,1H3,(H,22,23)/t17-,18-/m1/s1. The van der Waals surface area contributed by atoms with E-state index in [0.29, 0.717) is 21.6 Å². The molecular formula is C19H34Br2O2. The highest BCUT2D eigenvalue weighted by Crippen LogP contribution is 2.25. The van der Waals surface area contributed by atoms with E-state index in [9.17, 15) is 4.79 Å². The highest BCUT2D eigenvalue weighted by atomic mass is 79.9. The summed E-state index contributed by atoms with van der Waals surface area (Å²) in [4.78, 5) is 11.8. The molecule has 0 aromatic heterocycles. The Morgan fingerprint density at radius 2 is 1.30 bits per heavy atom. The quantitative estimate of drug-likeness (QED) is 0.152. The van der Waals surface area contributed by atoms with Crippen LogP contribution in [0.1, 0.15) is 90.4 Å². The summed E-state index contributed by atoms with van der Waals surface area (Å²) in [6.45, 7) is 5.82. The molecule has 0 heterocycles. The molecule has 0 saturated heterocycles. The maximum absolute atomic E-state index is 10.6. The van der Waals surface area contributed by atoms with Crippen LogP contribution in [0.25, 0.3) is 0 Å². The molecule has 2 nitrogen and oxygen atoms in total. The lowest BCUT2D eigenvalue weighted by Crippen LogP contribution is -2.13. The molecule has 0 rings (SSSR count). The lowest BCUT2D eigenvalue weighted by molar-refractivity contribution is -0.132. The van der Waals surface area contributed by atoms with Gasteiger partial charge in [-0.3, -0.25) is 0 Å². The molecular weight excluding hydrogens is 420 g/mol. The fourth-order valence-electron chi connectivity index (χ4n) is 2.62. The van der Waals surface area contributed by atoms with Gasteiger partial charge in [-0.05, 0) is 25.7 Å². The number of hydrogen-bond acceptors (Lipinski definition) is 1. The monoisotopic (exact) mass is 452 g/mol. The molecule has 0 fully saturated rings. The highest BCUT2D eigenvalue weighted by Gasteiger charge is 2.14. The van der Waals surface area contributed by atoms with Crippen LogP contribution in [0.15, 0.2) is 12.2 Å². The van der Waals surface area contributed by atoms with Crippen LogP contribution < -0.4 is 0 Å². The van der Waals surface area contributed by atoms with Crippen molar-refractivity contribution < 1.29 is 9.90 Å². The van der Waals surface area contributed by atoms with Gasteiger partial charge in [0.05, 0.1) is 0 Å². The van der Waals surface area contributed by atoms with E-state index in [1.165, 1.54) is 64.2 Å². The zero-order valence-corrected chi connectivity index (χ0v) is 17.8. The van der Waals surface area contributed by atoms with Gasteiger partial charge in [0.15, 0.2) is 0 Å². The van der Waals surface area contributed by atoms with Crippen LogP contribution in [0.4, 0.5) is 0 Å². The first-order valence-corrected chi connectivity index (χ1v) is 11.0. The van der Waals surface area contributed by atoms with Crippen LogP contribution in [-0.2, 0) is 4.79 Å². The smallest absolute Gasteiger partial charge is 0.330 e. The number of carboxylic acid groups (broad SMARTS) is 1. The van der Waals surface area contributed by atoms with Crippen molar-refractivity contribution in [2.75, 3.05) is 0 Å². The summed E-state index contributed by atoms with van der Waals surface area (Å²) < 4.78 is 0. The number of rotatable bonds is 16.